The summed E-state index contributed by atoms with van der Waals surface area (Å²) in [6.07, 6.45) is -2.58. The second-order valence-electron chi connectivity index (χ2n) is 3.84. The molecular formula is C9H9F3N4O2. The van der Waals surface area contributed by atoms with Crippen molar-refractivity contribution in [3.63, 3.8) is 0 Å². The molecule has 1 aromatic rings. The van der Waals surface area contributed by atoms with Crippen molar-refractivity contribution in [3.8, 4) is 0 Å². The van der Waals surface area contributed by atoms with Crippen LogP contribution in [-0.2, 0) is 7.05 Å². The van der Waals surface area contributed by atoms with Crippen LogP contribution in [-0.4, -0.2) is 43.9 Å². The average molecular weight is 262 g/mol. The molecular weight excluding hydrogens is 253 g/mol. The fourth-order valence-electron chi connectivity index (χ4n) is 1.54. The van der Waals surface area contributed by atoms with E-state index in [1.807, 2.05) is 0 Å². The summed E-state index contributed by atoms with van der Waals surface area (Å²) in [5.41, 5.74) is -3.38. The van der Waals surface area contributed by atoms with Crippen LogP contribution in [0, 0.1) is 0 Å². The van der Waals surface area contributed by atoms with Crippen molar-refractivity contribution in [2.24, 2.45) is 12.1 Å². The molecule has 0 bridgehead atoms. The normalized spacial score (nSPS) is 23.7. The molecule has 0 aromatic carbocycles. The summed E-state index contributed by atoms with van der Waals surface area (Å²) < 4.78 is 39.5. The Labute approximate surface area is 99.3 Å². The fourth-order valence-corrected chi connectivity index (χ4v) is 1.54. The van der Waals surface area contributed by atoms with Gasteiger partial charge in [0.1, 0.15) is 0 Å². The number of aromatic nitrogens is 2. The molecule has 98 valence electrons. The number of hydrogen-bond acceptors (Lipinski definition) is 4. The van der Waals surface area contributed by atoms with E-state index in [1.165, 1.54) is 17.9 Å². The van der Waals surface area contributed by atoms with E-state index >= 15 is 0 Å². The molecule has 6 nitrogen and oxygen atoms in total. The van der Waals surface area contributed by atoms with Crippen molar-refractivity contribution in [3.05, 3.63) is 18.0 Å². The lowest BCUT2D eigenvalue weighted by Gasteiger charge is -2.32. The van der Waals surface area contributed by atoms with Crippen molar-refractivity contribution in [2.75, 3.05) is 0 Å². The maximum Gasteiger partial charge on any atom is 0.438 e. The van der Waals surface area contributed by atoms with Gasteiger partial charge in [0, 0.05) is 25.9 Å². The first-order valence-electron chi connectivity index (χ1n) is 4.90. The highest BCUT2D eigenvalue weighted by molar-refractivity contribution is 5.95. The van der Waals surface area contributed by atoms with E-state index < -0.39 is 24.2 Å². The number of hydrazone groups is 1. The molecule has 9 heteroatoms. The predicted octanol–water partition coefficient (Wildman–Crippen LogP) is 0.503. The number of carbonyl (C=O) groups excluding carboxylic acids is 1. The minimum atomic E-state index is -4.98. The molecule has 1 aromatic heterocycles. The third-order valence-electron chi connectivity index (χ3n) is 2.52. The molecule has 0 saturated heterocycles. The first kappa shape index (κ1) is 12.6. The van der Waals surface area contributed by atoms with Crippen LogP contribution in [0.15, 0.2) is 17.5 Å². The zero-order chi connectivity index (χ0) is 13.6. The molecule has 0 unspecified atom stereocenters. The summed E-state index contributed by atoms with van der Waals surface area (Å²) in [6.45, 7) is 0. The monoisotopic (exact) mass is 262 g/mol. The highest BCUT2D eigenvalue weighted by Crippen LogP contribution is 2.39. The maximum absolute atomic E-state index is 12.7. The van der Waals surface area contributed by atoms with Crippen LogP contribution in [0.25, 0.3) is 0 Å². The quantitative estimate of drug-likeness (QED) is 0.801. The molecule has 1 aliphatic heterocycles. The molecule has 0 fully saturated rings. The third kappa shape index (κ3) is 1.76. The van der Waals surface area contributed by atoms with Gasteiger partial charge in [-0.15, -0.1) is 0 Å². The summed E-state index contributed by atoms with van der Waals surface area (Å²) in [5.74, 6) is -1.06. The topological polar surface area (TPSA) is 70.7 Å². The second kappa shape index (κ2) is 3.80. The number of alkyl halides is 3. The number of amides is 1. The number of aliphatic hydroxyl groups is 1. The number of hydrogen-bond donors (Lipinski definition) is 1. The molecule has 1 amide bonds. The van der Waals surface area contributed by atoms with Gasteiger partial charge in [-0.05, 0) is 0 Å². The lowest BCUT2D eigenvalue weighted by atomic mass is 10.1. The Kier molecular flexibility index (Phi) is 2.65. The predicted molar refractivity (Wildman–Crippen MR) is 53.5 cm³/mol. The summed E-state index contributed by atoms with van der Waals surface area (Å²) in [4.78, 5) is 11.8. The lowest BCUT2D eigenvalue weighted by molar-refractivity contribution is -0.297. The first-order chi connectivity index (χ1) is 8.25. The van der Waals surface area contributed by atoms with E-state index in [4.69, 9.17) is 0 Å². The highest BCUT2D eigenvalue weighted by atomic mass is 19.4. The minimum Gasteiger partial charge on any atom is -0.362 e. The van der Waals surface area contributed by atoms with Crippen molar-refractivity contribution in [2.45, 2.75) is 18.3 Å². The minimum absolute atomic E-state index is 0.0318. The standard InChI is InChI=1S/C9H9F3N4O2/c1-15-5-6(4-14-15)7(17)16-8(18,2-3-13-16)9(10,11)12/h3-5,18H,2H2,1H3/t8-/m1/s1. The summed E-state index contributed by atoms with van der Waals surface area (Å²) >= 11 is 0. The first-order valence-corrected chi connectivity index (χ1v) is 4.90. The van der Waals surface area contributed by atoms with Crippen molar-refractivity contribution in [1.82, 2.24) is 14.8 Å². The summed E-state index contributed by atoms with van der Waals surface area (Å²) in [7, 11) is 1.51. The largest absolute Gasteiger partial charge is 0.438 e. The van der Waals surface area contributed by atoms with E-state index in [0.717, 1.165) is 12.4 Å². The number of aryl methyl sites for hydroxylation is 1. The van der Waals surface area contributed by atoms with Gasteiger partial charge in [-0.3, -0.25) is 9.48 Å². The van der Waals surface area contributed by atoms with Crippen LogP contribution in [0.1, 0.15) is 16.8 Å². The summed E-state index contributed by atoms with van der Waals surface area (Å²) in [5, 5.41) is 16.6. The van der Waals surface area contributed by atoms with Gasteiger partial charge in [-0.1, -0.05) is 0 Å². The van der Waals surface area contributed by atoms with Crippen LogP contribution in [0.2, 0.25) is 0 Å². The van der Waals surface area contributed by atoms with Gasteiger partial charge >= 0.3 is 6.18 Å². The van der Waals surface area contributed by atoms with Crippen LogP contribution in [0.4, 0.5) is 13.2 Å². The van der Waals surface area contributed by atoms with E-state index in [1.54, 1.807) is 0 Å². The molecule has 1 atom stereocenters. The van der Waals surface area contributed by atoms with Gasteiger partial charge in [-0.2, -0.15) is 28.4 Å². The molecule has 0 radical (unpaired) electrons. The van der Waals surface area contributed by atoms with E-state index in [-0.39, 0.29) is 10.6 Å². The zero-order valence-corrected chi connectivity index (χ0v) is 9.22. The molecule has 2 heterocycles. The number of carbonyl (C=O) groups is 1. The van der Waals surface area contributed by atoms with E-state index in [9.17, 15) is 23.1 Å². The Balaban J connectivity index is 2.33. The molecule has 2 rings (SSSR count). The lowest BCUT2D eigenvalue weighted by Crippen LogP contribution is -2.56. The van der Waals surface area contributed by atoms with Crippen LogP contribution in [0.5, 0.6) is 0 Å². The van der Waals surface area contributed by atoms with Crippen molar-refractivity contribution >= 4 is 12.1 Å². The van der Waals surface area contributed by atoms with Crippen LogP contribution >= 0.6 is 0 Å². The van der Waals surface area contributed by atoms with Gasteiger partial charge in [-0.25, -0.2) is 0 Å². The SMILES string of the molecule is Cn1cc(C(=O)N2N=CC[C@@]2(O)C(F)(F)F)cn1. The van der Waals surface area contributed by atoms with Crippen LogP contribution in [0.3, 0.4) is 0 Å². The number of halogens is 3. The fraction of sp³-hybridized carbons (Fsp3) is 0.444. The van der Waals surface area contributed by atoms with E-state index in [2.05, 4.69) is 10.2 Å². The second-order valence-corrected chi connectivity index (χ2v) is 3.84. The zero-order valence-electron chi connectivity index (χ0n) is 9.22. The Bertz CT molecular complexity index is 510. The molecule has 0 aliphatic carbocycles. The molecule has 18 heavy (non-hydrogen) atoms. The number of rotatable bonds is 1. The Morgan fingerprint density at radius 2 is 2.22 bits per heavy atom. The molecule has 0 saturated carbocycles. The van der Waals surface area contributed by atoms with Gasteiger partial charge < -0.3 is 5.11 Å². The smallest absolute Gasteiger partial charge is 0.362 e. The Morgan fingerprint density at radius 1 is 1.56 bits per heavy atom. The maximum atomic E-state index is 12.7. The molecule has 0 spiro atoms. The number of nitrogens with zero attached hydrogens (tertiary/aromatic N) is 4. The molecule has 1 aliphatic rings. The van der Waals surface area contributed by atoms with Crippen molar-refractivity contribution < 1.29 is 23.1 Å². The highest BCUT2D eigenvalue weighted by Gasteiger charge is 2.61. The van der Waals surface area contributed by atoms with Gasteiger partial charge in [0.2, 0.25) is 0 Å². The molecule has 1 N–H and O–H groups in total. The van der Waals surface area contributed by atoms with Crippen LogP contribution < -0.4 is 0 Å². The van der Waals surface area contributed by atoms with E-state index in [0.29, 0.717) is 0 Å². The average Bonchev–Trinajstić information content (AvgIpc) is 2.83. The summed E-state index contributed by atoms with van der Waals surface area (Å²) in [6, 6.07) is 0. The Hall–Kier alpha value is -1.90. The van der Waals surface area contributed by atoms with Gasteiger partial charge in [0.15, 0.2) is 0 Å². The third-order valence-corrected chi connectivity index (χ3v) is 2.52. The van der Waals surface area contributed by atoms with Gasteiger partial charge in [0.25, 0.3) is 11.6 Å². The van der Waals surface area contributed by atoms with Gasteiger partial charge in [0.05, 0.1) is 11.8 Å². The van der Waals surface area contributed by atoms with Crippen molar-refractivity contribution in [1.29, 1.82) is 0 Å². The Morgan fingerprint density at radius 3 is 2.72 bits per heavy atom.